The van der Waals surface area contributed by atoms with Gasteiger partial charge >= 0.3 is 5.97 Å². The number of methoxy groups -OCH3 is 2. The summed E-state index contributed by atoms with van der Waals surface area (Å²) in [6.45, 7) is 11.4. The third-order valence-corrected chi connectivity index (χ3v) is 11.7. The first-order valence-electron chi connectivity index (χ1n) is 22.2. The second kappa shape index (κ2) is 30.2. The normalized spacial score (nSPS) is 22.6. The zero-order chi connectivity index (χ0) is 41.8. The summed E-state index contributed by atoms with van der Waals surface area (Å²) in [5, 5.41) is 0. The summed E-state index contributed by atoms with van der Waals surface area (Å²) in [7, 11) is 3.33. The summed E-state index contributed by atoms with van der Waals surface area (Å²) in [6.07, 6.45) is 32.6. The molecule has 1 aliphatic heterocycles. The van der Waals surface area contributed by atoms with E-state index in [0.29, 0.717) is 56.1 Å². The molecule has 1 saturated carbocycles. The second-order valence-corrected chi connectivity index (χ2v) is 17.2. The SMILES string of the molecule is COC1CCC(CCC(CC[C@H](C)/C=C/C[C@H](C=O)OC)OC(=O)C2CCCCN2C(=O)[C@H](C)CCC(CC/C=C/C=C/C=C/[C@@H](C)CC(C)C)OCC=O)CC1. The predicted octanol–water partition coefficient (Wildman–Crippen LogP) is 9.97. The molecule has 3 unspecified atom stereocenters. The van der Waals surface area contributed by atoms with Crippen molar-refractivity contribution in [1.82, 2.24) is 4.90 Å². The molecule has 0 aromatic heterocycles. The van der Waals surface area contributed by atoms with Crippen LogP contribution in [0.2, 0.25) is 0 Å². The molecule has 0 N–H and O–H groups in total. The zero-order valence-corrected chi connectivity index (χ0v) is 36.7. The van der Waals surface area contributed by atoms with Gasteiger partial charge in [0.2, 0.25) is 5.91 Å². The molecule has 1 heterocycles. The molecule has 0 aromatic rings. The maximum atomic E-state index is 14.0. The largest absolute Gasteiger partial charge is 0.461 e. The van der Waals surface area contributed by atoms with Gasteiger partial charge in [-0.25, -0.2) is 4.79 Å². The minimum atomic E-state index is -0.575. The Labute approximate surface area is 346 Å². The van der Waals surface area contributed by atoms with Gasteiger partial charge < -0.3 is 33.4 Å². The molecule has 0 aromatic carbocycles. The number of aldehydes is 2. The minimum absolute atomic E-state index is 0.0125. The van der Waals surface area contributed by atoms with Crippen LogP contribution in [0.15, 0.2) is 48.6 Å². The lowest BCUT2D eigenvalue weighted by Crippen LogP contribution is -2.51. The fourth-order valence-corrected chi connectivity index (χ4v) is 8.21. The first-order chi connectivity index (χ1) is 27.5. The summed E-state index contributed by atoms with van der Waals surface area (Å²) in [4.78, 5) is 52.0. The van der Waals surface area contributed by atoms with Gasteiger partial charge in [-0.15, -0.1) is 0 Å². The monoisotopic (exact) mass is 798 g/mol. The Morgan fingerprint density at radius 1 is 0.754 bits per heavy atom. The van der Waals surface area contributed by atoms with Crippen LogP contribution in [0.3, 0.4) is 0 Å². The van der Waals surface area contributed by atoms with E-state index in [1.54, 1.807) is 12.0 Å². The Kier molecular flexibility index (Phi) is 26.6. The lowest BCUT2D eigenvalue weighted by Gasteiger charge is -2.37. The van der Waals surface area contributed by atoms with Crippen LogP contribution in [0.5, 0.6) is 0 Å². The van der Waals surface area contributed by atoms with Crippen LogP contribution in [-0.4, -0.2) is 87.2 Å². The van der Waals surface area contributed by atoms with E-state index in [-0.39, 0.29) is 42.5 Å². The Bertz CT molecular complexity index is 1230. The van der Waals surface area contributed by atoms with Gasteiger partial charge in [-0.2, -0.15) is 0 Å². The van der Waals surface area contributed by atoms with Gasteiger partial charge in [0.1, 0.15) is 37.4 Å². The second-order valence-electron chi connectivity index (χ2n) is 17.2. The molecule has 2 rings (SSSR count). The van der Waals surface area contributed by atoms with Gasteiger partial charge in [-0.3, -0.25) is 4.79 Å². The Morgan fingerprint density at radius 2 is 1.49 bits per heavy atom. The van der Waals surface area contributed by atoms with E-state index in [1.807, 2.05) is 25.2 Å². The number of rotatable bonds is 29. The molecule has 1 aliphatic carbocycles. The lowest BCUT2D eigenvalue weighted by molar-refractivity contribution is -0.163. The standard InChI is InChI=1S/C48H79NO8/c1-37(2)35-39(4)17-12-10-8-9-11-13-19-43(56-34-33-50)28-23-40(5)47(52)49-32-15-14-21-46(49)48(53)57-44(31-26-41-24-29-42(54-6)30-25-41)27-22-38(3)18-16-20-45(36-51)55-7/h8-12,16-18,33,36-46H,13-15,19-32,34-35H2,1-7H3/b10-8+,11-9+,17-12+,18-16+/t38-,39-,40-,41?,42?,43?,44?,45-,46?/m1/s1. The maximum absolute atomic E-state index is 14.0. The highest BCUT2D eigenvalue weighted by Gasteiger charge is 2.36. The van der Waals surface area contributed by atoms with E-state index >= 15 is 0 Å². The van der Waals surface area contributed by atoms with Crippen molar-refractivity contribution in [3.8, 4) is 0 Å². The zero-order valence-electron chi connectivity index (χ0n) is 36.7. The summed E-state index contributed by atoms with van der Waals surface area (Å²) in [5.41, 5.74) is 0. The van der Waals surface area contributed by atoms with Crippen LogP contribution in [0.25, 0.3) is 0 Å². The number of nitrogens with zero attached hydrogens (tertiary/aromatic N) is 1. The summed E-state index contributed by atoms with van der Waals surface area (Å²) in [5.74, 6) is 1.51. The highest BCUT2D eigenvalue weighted by atomic mass is 16.5. The Balaban J connectivity index is 1.99. The van der Waals surface area contributed by atoms with Crippen LogP contribution < -0.4 is 0 Å². The van der Waals surface area contributed by atoms with E-state index in [0.717, 1.165) is 89.6 Å². The molecule has 1 amide bonds. The highest BCUT2D eigenvalue weighted by Crippen LogP contribution is 2.31. The van der Waals surface area contributed by atoms with Crippen molar-refractivity contribution in [2.24, 2.45) is 29.6 Å². The smallest absolute Gasteiger partial charge is 0.329 e. The molecule has 2 aliphatic rings. The fourth-order valence-electron chi connectivity index (χ4n) is 8.21. The molecule has 2 fully saturated rings. The van der Waals surface area contributed by atoms with Crippen molar-refractivity contribution in [2.75, 3.05) is 27.4 Å². The number of likely N-dealkylation sites (tertiary alicyclic amines) is 1. The number of ether oxygens (including phenoxy) is 4. The molecule has 7 atom stereocenters. The number of piperidine rings is 1. The Hall–Kier alpha value is -2.88. The third-order valence-electron chi connectivity index (χ3n) is 11.7. The van der Waals surface area contributed by atoms with Gasteiger partial charge in [-0.1, -0.05) is 83.2 Å². The number of hydrogen-bond acceptors (Lipinski definition) is 8. The van der Waals surface area contributed by atoms with Crippen molar-refractivity contribution < 1.29 is 38.1 Å². The van der Waals surface area contributed by atoms with Crippen molar-refractivity contribution in [1.29, 1.82) is 0 Å². The number of carbonyl (C=O) groups is 4. The van der Waals surface area contributed by atoms with Crippen molar-refractivity contribution in [3.05, 3.63) is 48.6 Å². The molecule has 0 bridgehead atoms. The quantitative estimate of drug-likeness (QED) is 0.0319. The minimum Gasteiger partial charge on any atom is -0.461 e. The first-order valence-corrected chi connectivity index (χ1v) is 22.2. The van der Waals surface area contributed by atoms with E-state index in [4.69, 9.17) is 18.9 Å². The molecule has 9 nitrogen and oxygen atoms in total. The van der Waals surface area contributed by atoms with Crippen LogP contribution in [0, 0.1) is 29.6 Å². The van der Waals surface area contributed by atoms with Gasteiger partial charge in [0.05, 0.1) is 12.2 Å². The van der Waals surface area contributed by atoms with Crippen LogP contribution in [-0.2, 0) is 38.1 Å². The van der Waals surface area contributed by atoms with Gasteiger partial charge in [0.25, 0.3) is 0 Å². The predicted molar refractivity (Wildman–Crippen MR) is 230 cm³/mol. The molecular formula is C48H79NO8. The topological polar surface area (TPSA) is 108 Å². The Morgan fingerprint density at radius 3 is 2.18 bits per heavy atom. The summed E-state index contributed by atoms with van der Waals surface area (Å²) in [6, 6.07) is -0.575. The fraction of sp³-hybridized carbons (Fsp3) is 0.750. The van der Waals surface area contributed by atoms with Crippen LogP contribution >= 0.6 is 0 Å². The van der Waals surface area contributed by atoms with Gasteiger partial charge in [0, 0.05) is 26.7 Å². The van der Waals surface area contributed by atoms with E-state index < -0.39 is 12.1 Å². The number of esters is 1. The lowest BCUT2D eigenvalue weighted by atomic mass is 9.83. The van der Waals surface area contributed by atoms with Crippen molar-refractivity contribution in [3.63, 3.8) is 0 Å². The molecular weight excluding hydrogens is 719 g/mol. The third kappa shape index (κ3) is 21.6. The maximum Gasteiger partial charge on any atom is 0.329 e. The molecule has 57 heavy (non-hydrogen) atoms. The van der Waals surface area contributed by atoms with E-state index in [1.165, 1.54) is 13.5 Å². The molecule has 324 valence electrons. The molecule has 9 heteroatoms. The number of carbonyl (C=O) groups excluding carboxylic acids is 4. The average Bonchev–Trinajstić information content (AvgIpc) is 3.21. The van der Waals surface area contributed by atoms with Gasteiger partial charge in [-0.05, 0) is 133 Å². The summed E-state index contributed by atoms with van der Waals surface area (Å²) >= 11 is 0. The number of allylic oxidation sites excluding steroid dienone is 7. The molecule has 0 spiro atoms. The number of hydrogen-bond donors (Lipinski definition) is 0. The molecule has 1 saturated heterocycles. The average molecular weight is 798 g/mol. The number of amides is 1. The van der Waals surface area contributed by atoms with Crippen LogP contribution in [0.1, 0.15) is 144 Å². The first kappa shape index (κ1) is 50.3. The van der Waals surface area contributed by atoms with E-state index in [2.05, 4.69) is 58.1 Å². The highest BCUT2D eigenvalue weighted by molar-refractivity contribution is 5.86. The molecule has 0 radical (unpaired) electrons. The van der Waals surface area contributed by atoms with E-state index in [9.17, 15) is 19.2 Å². The van der Waals surface area contributed by atoms with Crippen molar-refractivity contribution >= 4 is 24.4 Å². The van der Waals surface area contributed by atoms with Crippen molar-refractivity contribution in [2.45, 2.75) is 174 Å². The summed E-state index contributed by atoms with van der Waals surface area (Å²) < 4.78 is 23.0. The van der Waals surface area contributed by atoms with Crippen LogP contribution in [0.4, 0.5) is 0 Å². The van der Waals surface area contributed by atoms with Gasteiger partial charge in [0.15, 0.2) is 0 Å².